The van der Waals surface area contributed by atoms with Crippen LogP contribution in [-0.2, 0) is 0 Å². The van der Waals surface area contributed by atoms with Gasteiger partial charge in [0.25, 0.3) is 0 Å². The van der Waals surface area contributed by atoms with Gasteiger partial charge in [0, 0.05) is 0 Å². The molecule has 0 aliphatic heterocycles. The third kappa shape index (κ3) is 3.20. The van der Waals surface area contributed by atoms with Gasteiger partial charge in [0.1, 0.15) is 0 Å². The van der Waals surface area contributed by atoms with E-state index >= 15 is 8.39 Å². The van der Waals surface area contributed by atoms with Crippen molar-refractivity contribution in [2.75, 3.05) is 0 Å². The molecule has 3 aromatic rings. The predicted molar refractivity (Wildman–Crippen MR) is 86.7 cm³/mol. The molecule has 0 amide bonds. The summed E-state index contributed by atoms with van der Waals surface area (Å²) >= 11 is 0. The Bertz CT molecular complexity index is 1220. The van der Waals surface area contributed by atoms with Crippen LogP contribution in [-0.4, -0.2) is 0 Å². The molecule has 0 saturated carbocycles. The monoisotopic (exact) mass is 570 g/mol. The Balaban J connectivity index is 2.88. The van der Waals surface area contributed by atoms with Gasteiger partial charge in [-0.3, -0.25) is 0 Å². The molecule has 0 N–H and O–H groups in total. The Kier molecular flexibility index (Phi) is 6.27. The summed E-state index contributed by atoms with van der Waals surface area (Å²) in [6.07, 6.45) is 0. The minimum absolute atomic E-state index is 3.26. The average molecular weight is 570 g/mol. The first-order valence-corrected chi connectivity index (χ1v) is 10.4. The SMILES string of the molecule is Fc1c(F)c(F)c(P(F)(F)(c2c(F)c(F)c(F)c(F)c2F)c2c(F)c(F)c(F)c(F)c2F)c(F)c1F. The molecule has 18 heteroatoms. The van der Waals surface area contributed by atoms with Crippen molar-refractivity contribution in [1.82, 2.24) is 0 Å². The van der Waals surface area contributed by atoms with Gasteiger partial charge in [0.05, 0.1) is 0 Å². The topological polar surface area (TPSA) is 0 Å². The van der Waals surface area contributed by atoms with Crippen molar-refractivity contribution in [2.45, 2.75) is 0 Å². The van der Waals surface area contributed by atoms with Crippen molar-refractivity contribution in [2.24, 2.45) is 0 Å². The Morgan fingerprint density at radius 1 is 0.222 bits per heavy atom. The standard InChI is InChI=1S/C18F17P/c19-1-4(22)10(28)16(11(29)5(1)23)36(34,35,17-12(30)6(24)2(20)7(25)13(17)31)18-14(32)8(26)3(21)9(27)15(18)33. The Labute approximate surface area is 185 Å². The summed E-state index contributed by atoms with van der Waals surface area (Å²) in [4.78, 5) is 0. The van der Waals surface area contributed by atoms with E-state index in [1.807, 2.05) is 0 Å². The summed E-state index contributed by atoms with van der Waals surface area (Å²) in [7, 11) is -10.1. The first kappa shape index (κ1) is 27.5. The van der Waals surface area contributed by atoms with Crippen LogP contribution in [0.15, 0.2) is 0 Å². The van der Waals surface area contributed by atoms with Crippen LogP contribution in [0.1, 0.15) is 0 Å². The summed E-state index contributed by atoms with van der Waals surface area (Å²) in [5.74, 6) is -53.3. The van der Waals surface area contributed by atoms with Crippen LogP contribution in [0, 0.1) is 87.3 Å². The van der Waals surface area contributed by atoms with Crippen LogP contribution >= 0.6 is 7.22 Å². The molecule has 0 radical (unpaired) electrons. The van der Waals surface area contributed by atoms with Crippen LogP contribution in [0.25, 0.3) is 0 Å². The number of rotatable bonds is 3. The first-order chi connectivity index (χ1) is 16.3. The van der Waals surface area contributed by atoms with E-state index in [-0.39, 0.29) is 0 Å². The van der Waals surface area contributed by atoms with Gasteiger partial charge in [0.2, 0.25) is 0 Å². The van der Waals surface area contributed by atoms with Gasteiger partial charge >= 0.3 is 185 Å². The Morgan fingerprint density at radius 2 is 0.333 bits per heavy atom. The number of hydrogen-bond acceptors (Lipinski definition) is 0. The molecule has 0 aliphatic rings. The molecule has 0 spiro atoms. The predicted octanol–water partition coefficient (Wildman–Crippen LogP) is 6.37. The molecule has 36 heavy (non-hydrogen) atoms. The second kappa shape index (κ2) is 8.21. The fourth-order valence-corrected chi connectivity index (χ4v) is 6.48. The molecule has 0 aromatic heterocycles. The number of benzene rings is 3. The molecule has 0 fully saturated rings. The van der Waals surface area contributed by atoms with E-state index in [0.717, 1.165) is 0 Å². The van der Waals surface area contributed by atoms with E-state index in [1.54, 1.807) is 0 Å². The van der Waals surface area contributed by atoms with Gasteiger partial charge < -0.3 is 0 Å². The third-order valence-electron chi connectivity index (χ3n) is 4.74. The fraction of sp³-hybridized carbons (Fsp3) is 0. The van der Waals surface area contributed by atoms with Gasteiger partial charge in [-0.05, 0) is 0 Å². The minimum atomic E-state index is -10.1. The number of hydrogen-bond donors (Lipinski definition) is 0. The van der Waals surface area contributed by atoms with E-state index < -0.39 is 110 Å². The molecule has 0 nitrogen and oxygen atoms in total. The van der Waals surface area contributed by atoms with Crippen molar-refractivity contribution >= 4 is 23.1 Å². The van der Waals surface area contributed by atoms with E-state index in [9.17, 15) is 65.9 Å². The van der Waals surface area contributed by atoms with E-state index in [1.165, 1.54) is 0 Å². The summed E-state index contributed by atoms with van der Waals surface area (Å²) in [5.41, 5.74) is 0. The number of halogens is 17. The van der Waals surface area contributed by atoms with Crippen molar-refractivity contribution in [3.8, 4) is 0 Å². The zero-order valence-corrected chi connectivity index (χ0v) is 16.8. The fourth-order valence-electron chi connectivity index (χ4n) is 3.15. The molecule has 0 bridgehead atoms. The second-order valence-electron chi connectivity index (χ2n) is 6.66. The summed E-state index contributed by atoms with van der Waals surface area (Å²) in [6, 6.07) is 0. The summed E-state index contributed by atoms with van der Waals surface area (Å²) < 4.78 is 242. The maximum atomic E-state index is 16.4. The average Bonchev–Trinajstić information content (AvgIpc) is 2.81. The van der Waals surface area contributed by atoms with Crippen molar-refractivity contribution in [1.29, 1.82) is 0 Å². The van der Waals surface area contributed by atoms with Gasteiger partial charge in [0.15, 0.2) is 0 Å². The van der Waals surface area contributed by atoms with E-state index in [0.29, 0.717) is 0 Å². The molecule has 0 saturated heterocycles. The Morgan fingerprint density at radius 3 is 0.472 bits per heavy atom. The molecular weight excluding hydrogens is 570 g/mol. The summed E-state index contributed by atoms with van der Waals surface area (Å²) in [6.45, 7) is 0. The van der Waals surface area contributed by atoms with Crippen LogP contribution in [0.3, 0.4) is 0 Å². The maximum absolute atomic E-state index is 16.4. The van der Waals surface area contributed by atoms with Gasteiger partial charge in [-0.1, -0.05) is 0 Å². The molecule has 196 valence electrons. The molecule has 3 rings (SSSR count). The molecule has 0 atom stereocenters. The van der Waals surface area contributed by atoms with Crippen molar-refractivity contribution in [3.05, 3.63) is 87.3 Å². The zero-order valence-electron chi connectivity index (χ0n) is 15.9. The van der Waals surface area contributed by atoms with E-state index in [4.69, 9.17) is 0 Å². The summed E-state index contributed by atoms with van der Waals surface area (Å²) in [5, 5.41) is -11.7. The third-order valence-corrected chi connectivity index (χ3v) is 8.27. The second-order valence-corrected chi connectivity index (χ2v) is 9.82. The quantitative estimate of drug-likeness (QED) is 0.149. The van der Waals surface area contributed by atoms with E-state index in [2.05, 4.69) is 0 Å². The van der Waals surface area contributed by atoms with Crippen molar-refractivity contribution < 1.29 is 74.3 Å². The van der Waals surface area contributed by atoms with Gasteiger partial charge in [-0.2, -0.15) is 0 Å². The normalized spacial score (nSPS) is 13.2. The van der Waals surface area contributed by atoms with Gasteiger partial charge in [-0.15, -0.1) is 0 Å². The molecule has 0 aliphatic carbocycles. The van der Waals surface area contributed by atoms with Crippen LogP contribution < -0.4 is 15.9 Å². The molecule has 0 heterocycles. The van der Waals surface area contributed by atoms with Crippen LogP contribution in [0.5, 0.6) is 0 Å². The Hall–Kier alpha value is -3.10. The van der Waals surface area contributed by atoms with Crippen molar-refractivity contribution in [3.63, 3.8) is 0 Å². The molecule has 3 aromatic carbocycles. The zero-order chi connectivity index (χ0) is 27.8. The molecular formula is C18F17P. The van der Waals surface area contributed by atoms with Gasteiger partial charge in [-0.25, -0.2) is 0 Å². The van der Waals surface area contributed by atoms with Crippen LogP contribution in [0.2, 0.25) is 0 Å². The molecule has 0 unspecified atom stereocenters. The van der Waals surface area contributed by atoms with Crippen LogP contribution in [0.4, 0.5) is 74.3 Å². The first-order valence-electron chi connectivity index (χ1n) is 8.34.